The fraction of sp³-hybridized carbons (Fsp3) is 0.667. The van der Waals surface area contributed by atoms with Crippen LogP contribution < -0.4 is 10.1 Å². The van der Waals surface area contributed by atoms with Gasteiger partial charge in [0.2, 0.25) is 0 Å². The number of hydrogen-bond donors (Lipinski definition) is 1. The van der Waals surface area contributed by atoms with E-state index in [9.17, 15) is 0 Å². The molecule has 0 spiro atoms. The normalized spacial score (nSPS) is 13.0. The first kappa shape index (κ1) is 25.8. The Morgan fingerprint density at radius 1 is 0.871 bits per heavy atom. The van der Waals surface area contributed by atoms with Gasteiger partial charge in [-0.1, -0.05) is 71.1 Å². The highest BCUT2D eigenvalue weighted by Crippen LogP contribution is 2.35. The van der Waals surface area contributed by atoms with Gasteiger partial charge in [-0.2, -0.15) is 0 Å². The van der Waals surface area contributed by atoms with E-state index < -0.39 is 0 Å². The number of fused-ring (bicyclic) bond motifs is 2. The highest BCUT2D eigenvalue weighted by molar-refractivity contribution is 5.94. The van der Waals surface area contributed by atoms with Crippen LogP contribution in [0.4, 0.5) is 5.69 Å². The van der Waals surface area contributed by atoms with Crippen LogP contribution in [-0.4, -0.2) is 18.6 Å². The number of nitrogens with one attached hydrogen (secondary N) is 1. The molecule has 0 amide bonds. The van der Waals surface area contributed by atoms with E-state index >= 15 is 0 Å². The number of rotatable bonds is 14. The zero-order valence-corrected chi connectivity index (χ0v) is 20.6. The van der Waals surface area contributed by atoms with Gasteiger partial charge < -0.3 is 10.1 Å². The molecule has 3 nitrogen and oxygen atoms in total. The van der Waals surface area contributed by atoms with E-state index in [1.54, 1.807) is 7.11 Å². The monoisotopic (exact) mass is 446 g/mol. The molecular formula is C27H43ClN2O. The van der Waals surface area contributed by atoms with Crippen LogP contribution in [0.5, 0.6) is 5.75 Å². The van der Waals surface area contributed by atoms with Gasteiger partial charge in [0, 0.05) is 23.3 Å². The van der Waals surface area contributed by atoms with Crippen LogP contribution in [0.15, 0.2) is 18.2 Å². The van der Waals surface area contributed by atoms with Crippen LogP contribution in [0.25, 0.3) is 10.9 Å². The molecule has 1 aromatic heterocycles. The lowest BCUT2D eigenvalue weighted by atomic mass is 9.92. The Kier molecular flexibility index (Phi) is 12.1. The lowest BCUT2D eigenvalue weighted by Crippen LogP contribution is -2.12. The standard InChI is InChI=1S/C27H42N2O.ClH/c1-3-4-5-6-7-8-9-10-11-12-15-20-28-27-23-16-13-14-17-25(23)29-26-19-18-22(30-2)21-24(26)27;/h18-19,21H,3-17,20H2,1-2H3,(H,28,29);1H. The average molecular weight is 447 g/mol. The predicted octanol–water partition coefficient (Wildman–Crippen LogP) is 8.27. The molecule has 0 saturated heterocycles. The first-order valence-electron chi connectivity index (χ1n) is 12.6. The van der Waals surface area contributed by atoms with Gasteiger partial charge in [-0.25, -0.2) is 0 Å². The second kappa shape index (κ2) is 14.6. The molecule has 0 bridgehead atoms. The Balaban J connectivity index is 0.00000341. The maximum absolute atomic E-state index is 5.48. The number of benzene rings is 1. The number of aromatic nitrogens is 1. The van der Waals surface area contributed by atoms with E-state index in [4.69, 9.17) is 9.72 Å². The Morgan fingerprint density at radius 3 is 2.19 bits per heavy atom. The van der Waals surface area contributed by atoms with Gasteiger partial charge in [-0.3, -0.25) is 4.98 Å². The van der Waals surface area contributed by atoms with Crippen molar-refractivity contribution in [2.45, 2.75) is 103 Å². The van der Waals surface area contributed by atoms with E-state index in [0.29, 0.717) is 0 Å². The molecule has 3 rings (SSSR count). The molecule has 4 heteroatoms. The van der Waals surface area contributed by atoms with Gasteiger partial charge in [0.05, 0.1) is 12.6 Å². The molecule has 0 aliphatic heterocycles. The Hall–Kier alpha value is -1.48. The lowest BCUT2D eigenvalue weighted by Gasteiger charge is -2.22. The minimum absolute atomic E-state index is 0. The summed E-state index contributed by atoms with van der Waals surface area (Å²) in [4.78, 5) is 4.97. The number of nitrogens with zero attached hydrogens (tertiary/aromatic N) is 1. The smallest absolute Gasteiger partial charge is 0.119 e. The molecule has 1 aliphatic carbocycles. The predicted molar refractivity (Wildman–Crippen MR) is 137 cm³/mol. The average Bonchev–Trinajstić information content (AvgIpc) is 2.78. The van der Waals surface area contributed by atoms with Crippen molar-refractivity contribution in [1.82, 2.24) is 4.98 Å². The first-order chi connectivity index (χ1) is 14.8. The Morgan fingerprint density at radius 2 is 1.52 bits per heavy atom. The summed E-state index contributed by atoms with van der Waals surface area (Å²) < 4.78 is 5.48. The number of unbranched alkanes of at least 4 members (excludes halogenated alkanes) is 10. The quantitative estimate of drug-likeness (QED) is 0.296. The van der Waals surface area contributed by atoms with Gasteiger partial charge in [-0.15, -0.1) is 12.4 Å². The van der Waals surface area contributed by atoms with E-state index in [1.807, 2.05) is 6.07 Å². The van der Waals surface area contributed by atoms with Crippen LogP contribution in [-0.2, 0) is 12.8 Å². The maximum atomic E-state index is 5.48. The summed E-state index contributed by atoms with van der Waals surface area (Å²) in [6.07, 6.45) is 20.1. The molecular weight excluding hydrogens is 404 g/mol. The summed E-state index contributed by atoms with van der Waals surface area (Å²) in [5.41, 5.74) is 5.17. The molecule has 0 atom stereocenters. The fourth-order valence-corrected chi connectivity index (χ4v) is 4.73. The van der Waals surface area contributed by atoms with Gasteiger partial charge in [0.1, 0.15) is 5.75 Å². The summed E-state index contributed by atoms with van der Waals surface area (Å²) in [5.74, 6) is 0.915. The Bertz CT molecular complexity index is 777. The highest BCUT2D eigenvalue weighted by Gasteiger charge is 2.18. The molecule has 174 valence electrons. The van der Waals surface area contributed by atoms with Gasteiger partial charge >= 0.3 is 0 Å². The minimum atomic E-state index is 0. The molecule has 0 unspecified atom stereocenters. The third-order valence-corrected chi connectivity index (χ3v) is 6.55. The van der Waals surface area contributed by atoms with Crippen molar-refractivity contribution < 1.29 is 4.74 Å². The number of pyridine rings is 1. The molecule has 1 aromatic carbocycles. The third-order valence-electron chi connectivity index (χ3n) is 6.55. The zero-order valence-electron chi connectivity index (χ0n) is 19.8. The van der Waals surface area contributed by atoms with Crippen molar-refractivity contribution in [3.63, 3.8) is 0 Å². The second-order valence-corrected chi connectivity index (χ2v) is 8.96. The largest absolute Gasteiger partial charge is 0.497 e. The number of aryl methyl sites for hydroxylation is 1. The molecule has 1 aliphatic rings. The number of methoxy groups -OCH3 is 1. The summed E-state index contributed by atoms with van der Waals surface area (Å²) >= 11 is 0. The van der Waals surface area contributed by atoms with Crippen LogP contribution in [0.2, 0.25) is 0 Å². The Labute approximate surface area is 196 Å². The second-order valence-electron chi connectivity index (χ2n) is 8.96. The van der Waals surface area contributed by atoms with Crippen molar-refractivity contribution in [1.29, 1.82) is 0 Å². The summed E-state index contributed by atoms with van der Waals surface area (Å²) in [5, 5.41) is 5.02. The van der Waals surface area contributed by atoms with Gasteiger partial charge in [-0.05, 0) is 55.9 Å². The van der Waals surface area contributed by atoms with E-state index in [-0.39, 0.29) is 12.4 Å². The first-order valence-corrected chi connectivity index (χ1v) is 12.6. The van der Waals surface area contributed by atoms with Crippen molar-refractivity contribution in [2.24, 2.45) is 0 Å². The summed E-state index contributed by atoms with van der Waals surface area (Å²) in [6, 6.07) is 6.29. The van der Waals surface area contributed by atoms with Crippen LogP contribution in [0.3, 0.4) is 0 Å². The van der Waals surface area contributed by atoms with Crippen molar-refractivity contribution >= 4 is 29.0 Å². The molecule has 31 heavy (non-hydrogen) atoms. The van der Waals surface area contributed by atoms with E-state index in [1.165, 1.54) is 106 Å². The van der Waals surface area contributed by atoms with Crippen molar-refractivity contribution in [3.05, 3.63) is 29.5 Å². The summed E-state index contributed by atoms with van der Waals surface area (Å²) in [6.45, 7) is 3.34. The minimum Gasteiger partial charge on any atom is -0.497 e. The molecule has 0 saturated carbocycles. The zero-order chi connectivity index (χ0) is 21.0. The number of ether oxygens (including phenoxy) is 1. The topological polar surface area (TPSA) is 34.2 Å². The number of hydrogen-bond acceptors (Lipinski definition) is 3. The molecule has 1 N–H and O–H groups in total. The van der Waals surface area contributed by atoms with Gasteiger partial charge in [0.25, 0.3) is 0 Å². The van der Waals surface area contributed by atoms with Crippen molar-refractivity contribution in [3.8, 4) is 5.75 Å². The van der Waals surface area contributed by atoms with Crippen LogP contribution in [0, 0.1) is 0 Å². The highest BCUT2D eigenvalue weighted by atomic mass is 35.5. The molecule has 0 fully saturated rings. The van der Waals surface area contributed by atoms with E-state index in [0.717, 1.165) is 30.7 Å². The van der Waals surface area contributed by atoms with Crippen LogP contribution >= 0.6 is 12.4 Å². The third kappa shape index (κ3) is 7.86. The fourth-order valence-electron chi connectivity index (χ4n) is 4.73. The summed E-state index contributed by atoms with van der Waals surface area (Å²) in [7, 11) is 1.74. The molecule has 2 aromatic rings. The van der Waals surface area contributed by atoms with Gasteiger partial charge in [0.15, 0.2) is 0 Å². The number of halogens is 1. The lowest BCUT2D eigenvalue weighted by molar-refractivity contribution is 0.415. The molecule has 0 radical (unpaired) electrons. The van der Waals surface area contributed by atoms with E-state index in [2.05, 4.69) is 24.4 Å². The SMILES string of the molecule is CCCCCCCCCCCCCNc1c2c(nc3ccc(OC)cc13)CCCC2.Cl. The molecule has 1 heterocycles. The maximum Gasteiger partial charge on any atom is 0.119 e. The van der Waals surface area contributed by atoms with Crippen molar-refractivity contribution in [2.75, 3.05) is 19.0 Å². The van der Waals surface area contributed by atoms with Crippen LogP contribution in [0.1, 0.15) is 102 Å². The number of anilines is 1.